The van der Waals surface area contributed by atoms with Crippen molar-refractivity contribution in [2.45, 2.75) is 31.8 Å². The summed E-state index contributed by atoms with van der Waals surface area (Å²) >= 11 is 3.26. The van der Waals surface area contributed by atoms with Gasteiger partial charge in [-0.2, -0.15) is 5.10 Å². The van der Waals surface area contributed by atoms with Gasteiger partial charge in [-0.15, -0.1) is 0 Å². The molecule has 1 atom stereocenters. The van der Waals surface area contributed by atoms with Gasteiger partial charge in [0, 0.05) is 12.6 Å². The van der Waals surface area contributed by atoms with Crippen molar-refractivity contribution in [3.8, 4) is 0 Å². The van der Waals surface area contributed by atoms with Gasteiger partial charge in [0.05, 0.1) is 19.0 Å². The third kappa shape index (κ3) is 4.28. The lowest BCUT2D eigenvalue weighted by Gasteiger charge is -2.24. The first kappa shape index (κ1) is 16.0. The number of halogens is 1. The monoisotopic (exact) mass is 358 g/mol. The summed E-state index contributed by atoms with van der Waals surface area (Å²) < 4.78 is 5.97. The van der Waals surface area contributed by atoms with E-state index in [0.29, 0.717) is 16.2 Å². The molecule has 21 heavy (non-hydrogen) atoms. The number of ether oxygens (including phenoxy) is 1. The summed E-state index contributed by atoms with van der Waals surface area (Å²) in [5, 5.41) is 10.6. The van der Waals surface area contributed by atoms with Crippen molar-refractivity contribution < 1.29 is 9.53 Å². The Morgan fingerprint density at radius 1 is 1.62 bits per heavy atom. The Bertz CT molecular complexity index is 555. The Kier molecular flexibility index (Phi) is 5.75. The maximum absolute atomic E-state index is 12.1. The molecule has 1 saturated heterocycles. The van der Waals surface area contributed by atoms with E-state index in [-0.39, 0.29) is 12.1 Å². The van der Waals surface area contributed by atoms with Crippen LogP contribution in [0.3, 0.4) is 0 Å². The number of esters is 1. The normalized spacial score (nSPS) is 18.3. The molecule has 1 aromatic rings. The molecule has 0 amide bonds. The molecule has 0 aliphatic carbocycles. The van der Waals surface area contributed by atoms with Crippen molar-refractivity contribution >= 4 is 27.6 Å². The summed E-state index contributed by atoms with van der Waals surface area (Å²) in [7, 11) is 1.27. The number of carbonyl (C=O) groups is 1. The van der Waals surface area contributed by atoms with E-state index >= 15 is 0 Å². The number of nitrogens with zero attached hydrogens (tertiary/aromatic N) is 2. The van der Waals surface area contributed by atoms with E-state index < -0.39 is 5.97 Å². The Morgan fingerprint density at radius 3 is 3.10 bits per heavy atom. The quantitative estimate of drug-likeness (QED) is 0.755. The van der Waals surface area contributed by atoms with Crippen LogP contribution in [0.4, 0.5) is 5.69 Å². The average molecular weight is 359 g/mol. The van der Waals surface area contributed by atoms with Gasteiger partial charge >= 0.3 is 5.97 Å². The van der Waals surface area contributed by atoms with Gasteiger partial charge in [-0.25, -0.2) is 4.68 Å². The van der Waals surface area contributed by atoms with Crippen molar-refractivity contribution in [2.24, 2.45) is 0 Å². The van der Waals surface area contributed by atoms with Crippen LogP contribution in [-0.2, 0) is 16.1 Å². The summed E-state index contributed by atoms with van der Waals surface area (Å²) in [4.78, 5) is 23.3. The summed E-state index contributed by atoms with van der Waals surface area (Å²) in [6.45, 7) is 1.58. The Balaban J connectivity index is 2.02. The van der Waals surface area contributed by atoms with Crippen LogP contribution in [0.25, 0.3) is 0 Å². The minimum absolute atomic E-state index is 0.196. The first-order chi connectivity index (χ1) is 10.1. The maximum atomic E-state index is 12.1. The molecule has 1 aliphatic heterocycles. The number of aromatic nitrogens is 2. The van der Waals surface area contributed by atoms with E-state index in [2.05, 4.69) is 36.4 Å². The molecule has 2 rings (SSSR count). The molecule has 116 valence electrons. The Morgan fingerprint density at radius 2 is 2.43 bits per heavy atom. The molecule has 1 aromatic heterocycles. The molecular formula is C13H19BrN4O3. The molecular weight excluding hydrogens is 340 g/mol. The highest BCUT2D eigenvalue weighted by Gasteiger charge is 2.15. The number of nitrogens with one attached hydrogen (secondary N) is 2. The van der Waals surface area contributed by atoms with Crippen molar-refractivity contribution in [3.05, 3.63) is 21.0 Å². The highest BCUT2D eigenvalue weighted by Crippen LogP contribution is 2.17. The van der Waals surface area contributed by atoms with E-state index in [9.17, 15) is 9.59 Å². The van der Waals surface area contributed by atoms with Crippen LogP contribution >= 0.6 is 15.9 Å². The molecule has 0 bridgehead atoms. The second-order valence-electron chi connectivity index (χ2n) is 4.94. The SMILES string of the molecule is COC(=O)Cn1ncc(NCC2CCCCN2)c(Br)c1=O. The van der Waals surface area contributed by atoms with Crippen LogP contribution < -0.4 is 16.2 Å². The van der Waals surface area contributed by atoms with Gasteiger partial charge in [-0.3, -0.25) is 9.59 Å². The fourth-order valence-corrected chi connectivity index (χ4v) is 2.67. The molecule has 0 aromatic carbocycles. The van der Waals surface area contributed by atoms with Crippen LogP contribution in [-0.4, -0.2) is 42.0 Å². The number of rotatable bonds is 5. The van der Waals surface area contributed by atoms with E-state index in [1.807, 2.05) is 0 Å². The third-order valence-corrected chi connectivity index (χ3v) is 4.21. The standard InChI is InChI=1S/C13H19BrN4O3/c1-21-11(19)8-18-13(20)12(14)10(7-17-18)16-6-9-4-2-3-5-15-9/h7,9,15-16H,2-6,8H2,1H3. The second kappa shape index (κ2) is 7.56. The topological polar surface area (TPSA) is 85.2 Å². The molecule has 0 spiro atoms. The number of piperidine rings is 1. The molecule has 1 fully saturated rings. The fraction of sp³-hybridized carbons (Fsp3) is 0.615. The fourth-order valence-electron chi connectivity index (χ4n) is 2.22. The minimum atomic E-state index is -0.511. The van der Waals surface area contributed by atoms with Crippen molar-refractivity contribution in [1.29, 1.82) is 0 Å². The van der Waals surface area contributed by atoms with Gasteiger partial charge < -0.3 is 15.4 Å². The van der Waals surface area contributed by atoms with Gasteiger partial charge in [-0.1, -0.05) is 6.42 Å². The highest BCUT2D eigenvalue weighted by molar-refractivity contribution is 9.10. The lowest BCUT2D eigenvalue weighted by Crippen LogP contribution is -2.39. The lowest BCUT2D eigenvalue weighted by molar-refractivity contribution is -0.141. The number of methoxy groups -OCH3 is 1. The van der Waals surface area contributed by atoms with Crippen LogP contribution in [0.2, 0.25) is 0 Å². The number of hydrogen-bond donors (Lipinski definition) is 2. The molecule has 0 saturated carbocycles. The maximum Gasteiger partial charge on any atom is 0.327 e. The Labute approximate surface area is 131 Å². The molecule has 0 radical (unpaired) electrons. The van der Waals surface area contributed by atoms with E-state index in [1.54, 1.807) is 0 Å². The van der Waals surface area contributed by atoms with E-state index in [0.717, 1.165) is 24.2 Å². The van der Waals surface area contributed by atoms with E-state index in [1.165, 1.54) is 26.1 Å². The zero-order valence-electron chi connectivity index (χ0n) is 11.9. The minimum Gasteiger partial charge on any atom is -0.468 e. The van der Waals surface area contributed by atoms with Gasteiger partial charge in [0.25, 0.3) is 5.56 Å². The molecule has 2 N–H and O–H groups in total. The highest BCUT2D eigenvalue weighted by atomic mass is 79.9. The molecule has 7 nitrogen and oxygen atoms in total. The van der Waals surface area contributed by atoms with Gasteiger partial charge in [0.15, 0.2) is 0 Å². The average Bonchev–Trinajstić information content (AvgIpc) is 2.52. The lowest BCUT2D eigenvalue weighted by atomic mass is 10.1. The van der Waals surface area contributed by atoms with Crippen LogP contribution in [0.1, 0.15) is 19.3 Å². The van der Waals surface area contributed by atoms with Crippen LogP contribution in [0.15, 0.2) is 15.5 Å². The smallest absolute Gasteiger partial charge is 0.327 e. The zero-order chi connectivity index (χ0) is 15.2. The first-order valence-electron chi connectivity index (χ1n) is 6.91. The second-order valence-corrected chi connectivity index (χ2v) is 5.73. The number of hydrogen-bond acceptors (Lipinski definition) is 6. The molecule has 8 heteroatoms. The van der Waals surface area contributed by atoms with Crippen molar-refractivity contribution in [1.82, 2.24) is 15.1 Å². The van der Waals surface area contributed by atoms with Crippen molar-refractivity contribution in [2.75, 3.05) is 25.5 Å². The van der Waals surface area contributed by atoms with Crippen LogP contribution in [0.5, 0.6) is 0 Å². The largest absolute Gasteiger partial charge is 0.468 e. The molecule has 1 aliphatic rings. The zero-order valence-corrected chi connectivity index (χ0v) is 13.5. The first-order valence-corrected chi connectivity index (χ1v) is 7.71. The third-order valence-electron chi connectivity index (χ3n) is 3.44. The molecule has 2 heterocycles. The predicted molar refractivity (Wildman–Crippen MR) is 82.3 cm³/mol. The van der Waals surface area contributed by atoms with Gasteiger partial charge in [-0.05, 0) is 35.3 Å². The van der Waals surface area contributed by atoms with Crippen LogP contribution in [0, 0.1) is 0 Å². The summed E-state index contributed by atoms with van der Waals surface area (Å²) in [5.41, 5.74) is 0.274. The summed E-state index contributed by atoms with van der Waals surface area (Å²) in [6, 6.07) is 0.406. The van der Waals surface area contributed by atoms with Gasteiger partial charge in [0.2, 0.25) is 0 Å². The summed E-state index contributed by atoms with van der Waals surface area (Å²) in [6.07, 6.45) is 5.10. The predicted octanol–water partition coefficient (Wildman–Crippen LogP) is 0.733. The summed E-state index contributed by atoms with van der Waals surface area (Å²) in [5.74, 6) is -0.511. The van der Waals surface area contributed by atoms with Crippen molar-refractivity contribution in [3.63, 3.8) is 0 Å². The Hall–Kier alpha value is -1.41. The number of anilines is 1. The number of carbonyl (C=O) groups excluding carboxylic acids is 1. The molecule has 1 unspecified atom stereocenters. The van der Waals surface area contributed by atoms with Gasteiger partial charge in [0.1, 0.15) is 11.0 Å². The van der Waals surface area contributed by atoms with E-state index in [4.69, 9.17) is 0 Å².